The maximum absolute atomic E-state index is 12.6. The molecule has 0 aliphatic rings. The Morgan fingerprint density at radius 1 is 0.700 bits per heavy atom. The number of aryl methyl sites for hydroxylation is 2. The molecule has 2 aromatic heterocycles. The van der Waals surface area contributed by atoms with Crippen LogP contribution in [0.2, 0.25) is 20.1 Å². The minimum absolute atomic E-state index is 0. The Labute approximate surface area is 438 Å². The molecule has 6 rings (SSSR count). The normalized spacial score (nSPS) is 11.2. The van der Waals surface area contributed by atoms with Gasteiger partial charge in [0.05, 0.1) is 54.0 Å². The van der Waals surface area contributed by atoms with Crippen molar-refractivity contribution in [3.05, 3.63) is 115 Å². The van der Waals surface area contributed by atoms with E-state index >= 15 is 0 Å². The molecule has 0 saturated carbocycles. The Hall–Kier alpha value is -1.79. The van der Waals surface area contributed by atoms with E-state index in [0.717, 1.165) is 33.6 Å². The number of H-pyrrole nitrogens is 1. The van der Waals surface area contributed by atoms with Gasteiger partial charge >= 0.3 is 106 Å². The number of nitrogens with zero attached hydrogens (tertiary/aromatic N) is 7. The maximum atomic E-state index is 12.6. The Morgan fingerprint density at radius 2 is 1.15 bits per heavy atom. The van der Waals surface area contributed by atoms with Crippen LogP contribution in [0.1, 0.15) is 11.4 Å². The average Bonchev–Trinajstić information content (AvgIpc) is 3.56. The van der Waals surface area contributed by atoms with Gasteiger partial charge < -0.3 is 19.9 Å². The van der Waals surface area contributed by atoms with Crippen LogP contribution in [0.4, 0.5) is 22.7 Å². The summed E-state index contributed by atoms with van der Waals surface area (Å²) in [6.45, 7) is 3.05. The Morgan fingerprint density at radius 3 is 1.63 bits per heavy atom. The zero-order chi connectivity index (χ0) is 41.3. The second-order valence-corrected chi connectivity index (χ2v) is 15.5. The molecule has 295 valence electrons. The van der Waals surface area contributed by atoms with Gasteiger partial charge in [0.15, 0.2) is 5.69 Å². The Balaban J connectivity index is 0.000000562. The van der Waals surface area contributed by atoms with Gasteiger partial charge in [-0.15, -0.1) is 10.2 Å². The average molecular weight is 1000 g/mol. The second kappa shape index (κ2) is 23.2. The van der Waals surface area contributed by atoms with Crippen LogP contribution in [0.5, 0.6) is 17.4 Å². The molecular weight excluding hydrogens is 983 g/mol. The largest absolute Gasteiger partial charge is 3.00 e. The fraction of sp³-hybridized carbons (Fsp3) is 0.0625. The van der Waals surface area contributed by atoms with Gasteiger partial charge in [0, 0.05) is 15.9 Å². The van der Waals surface area contributed by atoms with Crippen molar-refractivity contribution in [2.45, 2.75) is 23.6 Å². The van der Waals surface area contributed by atoms with Crippen molar-refractivity contribution in [1.29, 1.82) is 0 Å². The van der Waals surface area contributed by atoms with E-state index in [2.05, 4.69) is 30.7 Å². The van der Waals surface area contributed by atoms with E-state index in [1.165, 1.54) is 6.92 Å². The van der Waals surface area contributed by atoms with Crippen LogP contribution in [0.15, 0.2) is 108 Å². The summed E-state index contributed by atoms with van der Waals surface area (Å²) in [5, 5.41) is 58.7. The minimum atomic E-state index is -5.06. The maximum Gasteiger partial charge on any atom is 3.00 e. The molecule has 0 unspecified atom stereocenters. The number of aromatic nitrogens is 4. The zero-order valence-electron chi connectivity index (χ0n) is 31.4. The van der Waals surface area contributed by atoms with Crippen LogP contribution >= 0.6 is 46.4 Å². The van der Waals surface area contributed by atoms with Crippen LogP contribution in [0.3, 0.4) is 0 Å². The molecule has 18 nitrogen and oxygen atoms in total. The molecule has 0 saturated heterocycles. The number of para-hydroxylation sites is 2. The van der Waals surface area contributed by atoms with Gasteiger partial charge in [0.2, 0.25) is 0 Å². The van der Waals surface area contributed by atoms with Crippen molar-refractivity contribution in [2.24, 2.45) is 20.5 Å². The molecule has 0 amide bonds. The first-order valence-electron chi connectivity index (χ1n) is 15.0. The van der Waals surface area contributed by atoms with Crippen molar-refractivity contribution < 1.29 is 147 Å². The monoisotopic (exact) mass is 1000 g/mol. The fourth-order valence-corrected chi connectivity index (χ4v) is 6.91. The summed E-state index contributed by atoms with van der Waals surface area (Å²) in [5.41, 5.74) is -0.615. The van der Waals surface area contributed by atoms with E-state index in [0.29, 0.717) is 22.1 Å². The molecule has 2 heterocycles. The molecular formula is C32H20Cl4CrN8Na3O10S2+2. The molecule has 0 spiro atoms. The molecule has 2 N–H and O–H groups in total. The summed E-state index contributed by atoms with van der Waals surface area (Å²) in [7, 11) is -9.86. The molecule has 0 aliphatic heterocycles. The predicted molar refractivity (Wildman–Crippen MR) is 197 cm³/mol. The summed E-state index contributed by atoms with van der Waals surface area (Å²) in [6, 6.07) is 16.7. The van der Waals surface area contributed by atoms with E-state index in [1.807, 2.05) is 0 Å². The third kappa shape index (κ3) is 13.1. The molecule has 4 aromatic carbocycles. The van der Waals surface area contributed by atoms with Gasteiger partial charge in [-0.1, -0.05) is 82.2 Å². The first-order valence-corrected chi connectivity index (χ1v) is 19.4. The first kappa shape index (κ1) is 56.2. The fourth-order valence-electron chi connectivity index (χ4n) is 4.70. The van der Waals surface area contributed by atoms with Gasteiger partial charge in [-0.3, -0.25) is 14.4 Å². The van der Waals surface area contributed by atoms with Crippen molar-refractivity contribution in [3.63, 3.8) is 0 Å². The molecule has 28 heteroatoms. The van der Waals surface area contributed by atoms with Gasteiger partial charge in [0.1, 0.15) is 15.8 Å². The quantitative estimate of drug-likeness (QED) is 0.0912. The molecule has 0 fully saturated rings. The van der Waals surface area contributed by atoms with Crippen LogP contribution in [-0.4, -0.2) is 45.5 Å². The van der Waals surface area contributed by atoms with Crippen LogP contribution in [-0.2, 0) is 37.6 Å². The van der Waals surface area contributed by atoms with Gasteiger partial charge in [-0.05, 0) is 62.4 Å². The van der Waals surface area contributed by atoms with Gasteiger partial charge in [-0.25, -0.2) is 17.8 Å². The summed E-state index contributed by atoms with van der Waals surface area (Å²) >= 11 is 23.7. The van der Waals surface area contributed by atoms with E-state index in [4.69, 9.17) is 51.0 Å². The Bertz CT molecular complexity index is 2880. The SMILES string of the molecule is Cc1[nH]n(-c2ccccc2Cl)c(=O)c1N=Nc1cc(Cl)cc(S(=O)(=O)O)c1[O-].Cc1nn(-c2ccccc2Cl)c([O-])c1N=Nc1cc(Cl)cc(S(=O)(=O)[O-])c1[O-].[Cr+3].[Na+].[Na+].[Na+]. The summed E-state index contributed by atoms with van der Waals surface area (Å²) in [6.07, 6.45) is 0. The second-order valence-electron chi connectivity index (χ2n) is 11.1. The first-order chi connectivity index (χ1) is 26.2. The number of rotatable bonds is 8. The molecule has 6 aromatic rings. The number of hydrogen-bond acceptors (Lipinski definition) is 14. The topological polar surface area (TPSA) is 286 Å². The van der Waals surface area contributed by atoms with Crippen molar-refractivity contribution in [1.82, 2.24) is 19.6 Å². The van der Waals surface area contributed by atoms with Crippen LogP contribution in [0.25, 0.3) is 11.4 Å². The number of aromatic amines is 1. The van der Waals surface area contributed by atoms with Crippen LogP contribution < -0.4 is 110 Å². The third-order valence-corrected chi connectivity index (χ3v) is 10.0. The summed E-state index contributed by atoms with van der Waals surface area (Å²) < 4.78 is 67.4. The number of nitrogens with one attached hydrogen (secondary N) is 1. The number of benzene rings is 4. The Kier molecular flexibility index (Phi) is 21.8. The standard InChI is InChI=1S/2C16H12Cl2N4O5S.Cr.3Na/c2*1-8-14(16(24)22(21-8)12-5-3-2-4-10(12)18)20-19-11-6-9(17)7-13(15(11)23)28(25,26)27;;;;/h2-7,23-24H,1H3,(H,25,26,27);2-7,21,23H,1H3,(H,25,26,27);;;;/q;;+3;3*+1/p-4. The van der Waals surface area contributed by atoms with Crippen LogP contribution in [0, 0.1) is 13.8 Å². The molecule has 1 radical (unpaired) electrons. The number of hydrogen-bond donors (Lipinski definition) is 2. The minimum Gasteiger partial charge on any atom is -0.870 e. The summed E-state index contributed by atoms with van der Waals surface area (Å²) in [5.74, 6) is -2.93. The molecule has 0 bridgehead atoms. The van der Waals surface area contributed by atoms with Gasteiger partial charge in [0.25, 0.3) is 15.7 Å². The van der Waals surface area contributed by atoms with Crippen molar-refractivity contribution in [3.8, 4) is 28.8 Å². The van der Waals surface area contributed by atoms with E-state index in [1.54, 1.807) is 55.5 Å². The van der Waals surface area contributed by atoms with Crippen molar-refractivity contribution in [2.75, 3.05) is 0 Å². The van der Waals surface area contributed by atoms with E-state index < -0.39 is 64.3 Å². The van der Waals surface area contributed by atoms with Crippen molar-refractivity contribution >= 4 is 89.4 Å². The van der Waals surface area contributed by atoms with E-state index in [9.17, 15) is 41.5 Å². The van der Waals surface area contributed by atoms with E-state index in [-0.39, 0.29) is 138 Å². The summed E-state index contributed by atoms with van der Waals surface area (Å²) in [4.78, 5) is 10.6. The smallest absolute Gasteiger partial charge is 0.870 e. The van der Waals surface area contributed by atoms with Gasteiger partial charge in [-0.2, -0.15) is 23.7 Å². The molecule has 0 aliphatic carbocycles. The predicted octanol–water partition coefficient (Wildman–Crippen LogP) is -2.52. The number of halogens is 4. The molecule has 60 heavy (non-hydrogen) atoms. The zero-order valence-corrected chi connectivity index (χ0v) is 43.3. The third-order valence-electron chi connectivity index (χ3n) is 7.26. The number of azo groups is 2. The molecule has 0 atom stereocenters.